The maximum atomic E-state index is 13.3. The van der Waals surface area contributed by atoms with Gasteiger partial charge in [0.25, 0.3) is 0 Å². The predicted octanol–water partition coefficient (Wildman–Crippen LogP) is 4.26. The minimum absolute atomic E-state index is 0.217. The summed E-state index contributed by atoms with van der Waals surface area (Å²) in [4.78, 5) is 13.3. The molecule has 1 amide bonds. The number of amides is 1. The normalized spacial score (nSPS) is 31.3. The van der Waals surface area contributed by atoms with E-state index in [4.69, 9.17) is 28.4 Å². The van der Waals surface area contributed by atoms with E-state index in [2.05, 4.69) is 79.9 Å². The summed E-state index contributed by atoms with van der Waals surface area (Å²) in [6, 6.07) is -1.00. The van der Waals surface area contributed by atoms with Crippen LogP contribution in [-0.4, -0.2) is 193 Å². The summed E-state index contributed by atoms with van der Waals surface area (Å²) in [6.45, 7) is 1.53. The van der Waals surface area contributed by atoms with Crippen molar-refractivity contribution >= 4 is 5.91 Å². The Bertz CT molecular complexity index is 1690. The molecule has 3 saturated heterocycles. The van der Waals surface area contributed by atoms with Gasteiger partial charge in [-0.25, -0.2) is 0 Å². The Kier molecular flexibility index (Phi) is 36.7. The molecule has 3 rings (SSSR count). The van der Waals surface area contributed by atoms with Gasteiger partial charge in [-0.3, -0.25) is 4.79 Å². The third-order valence-electron chi connectivity index (χ3n) is 14.0. The molecule has 77 heavy (non-hydrogen) atoms. The van der Waals surface area contributed by atoms with Crippen LogP contribution >= 0.6 is 0 Å². The Morgan fingerprint density at radius 1 is 0.481 bits per heavy atom. The van der Waals surface area contributed by atoms with Crippen LogP contribution in [0.25, 0.3) is 0 Å². The second-order valence-electron chi connectivity index (χ2n) is 20.3. The van der Waals surface area contributed by atoms with Gasteiger partial charge in [0.05, 0.1) is 38.6 Å². The van der Waals surface area contributed by atoms with Gasteiger partial charge >= 0.3 is 0 Å². The van der Waals surface area contributed by atoms with Crippen LogP contribution in [0.2, 0.25) is 0 Å². The van der Waals surface area contributed by atoms with Crippen molar-refractivity contribution in [1.82, 2.24) is 5.32 Å². The van der Waals surface area contributed by atoms with Gasteiger partial charge in [0.1, 0.15) is 73.2 Å². The molecule has 17 unspecified atom stereocenters. The van der Waals surface area contributed by atoms with Crippen LogP contribution in [-0.2, 0) is 33.2 Å². The fraction of sp³-hybridized carbons (Fsp3) is 0.776. The minimum Gasteiger partial charge on any atom is -0.394 e. The molecule has 0 aromatic rings. The standard InChI is InChI=1S/C58H99NO18/c1-3-5-7-9-11-13-15-17-19-20-22-24-26-28-30-32-34-36-46(64)59-41(42(63)35-33-31-29-27-25-23-21-18-16-14-12-10-8-6-4-2)40-72-56-52(70)49(67)54(44(38-61)74-56)77-58-53(71)50(68)55(45(39-62)75-58)76-57-51(69)48(66)47(65)43(37-60)73-57/h5,7,11,13,16-19,25,27,33,35,41-45,47-58,60-63,65-71H,3-4,6,8-10,12,14-15,20-24,26,28-32,34,36-40H2,1-2H3,(H,59,64)/b7-5-,13-11-,18-16+,19-17-,27-25+,35-33+. The summed E-state index contributed by atoms with van der Waals surface area (Å²) < 4.78 is 34.2. The molecule has 0 aliphatic carbocycles. The number of carbonyl (C=O) groups is 1. The van der Waals surface area contributed by atoms with Crippen molar-refractivity contribution in [2.24, 2.45) is 0 Å². The lowest BCUT2D eigenvalue weighted by atomic mass is 9.96. The van der Waals surface area contributed by atoms with E-state index in [0.717, 1.165) is 89.9 Å². The Balaban J connectivity index is 1.54. The van der Waals surface area contributed by atoms with Gasteiger partial charge in [0, 0.05) is 6.42 Å². The lowest BCUT2D eigenvalue weighted by Crippen LogP contribution is -2.66. The molecular weight excluding hydrogens is 999 g/mol. The van der Waals surface area contributed by atoms with E-state index in [1.54, 1.807) is 6.08 Å². The fourth-order valence-electron chi connectivity index (χ4n) is 9.23. The van der Waals surface area contributed by atoms with Crippen molar-refractivity contribution < 1.29 is 89.4 Å². The van der Waals surface area contributed by atoms with Crippen molar-refractivity contribution in [1.29, 1.82) is 0 Å². The number of rotatable bonds is 40. The van der Waals surface area contributed by atoms with E-state index in [1.165, 1.54) is 32.1 Å². The molecular formula is C58H99NO18. The molecule has 0 aromatic heterocycles. The average molecular weight is 1100 g/mol. The number of hydrogen-bond donors (Lipinski definition) is 12. The molecule has 0 bridgehead atoms. The molecule has 0 aromatic carbocycles. The lowest BCUT2D eigenvalue weighted by molar-refractivity contribution is -0.379. The third kappa shape index (κ3) is 25.7. The maximum absolute atomic E-state index is 13.3. The topological polar surface area (TPSA) is 307 Å². The number of ether oxygens (including phenoxy) is 6. The monoisotopic (exact) mass is 1100 g/mol. The van der Waals surface area contributed by atoms with Gasteiger partial charge in [0.15, 0.2) is 18.9 Å². The second-order valence-corrected chi connectivity index (χ2v) is 20.3. The highest BCUT2D eigenvalue weighted by molar-refractivity contribution is 5.76. The fourth-order valence-corrected chi connectivity index (χ4v) is 9.23. The zero-order valence-electron chi connectivity index (χ0n) is 45.9. The van der Waals surface area contributed by atoms with Gasteiger partial charge in [-0.05, 0) is 77.0 Å². The summed E-state index contributed by atoms with van der Waals surface area (Å²) in [5, 5.41) is 120. The molecule has 0 radical (unpaired) electrons. The summed E-state index contributed by atoms with van der Waals surface area (Å²) in [5.74, 6) is -0.305. The van der Waals surface area contributed by atoms with E-state index >= 15 is 0 Å². The summed E-state index contributed by atoms with van der Waals surface area (Å²) in [7, 11) is 0. The van der Waals surface area contributed by atoms with Crippen LogP contribution in [0.4, 0.5) is 0 Å². The van der Waals surface area contributed by atoms with Gasteiger partial charge < -0.3 is 89.9 Å². The molecule has 19 heteroatoms. The second kappa shape index (κ2) is 41.3. The van der Waals surface area contributed by atoms with E-state index in [1.807, 2.05) is 6.08 Å². The number of unbranched alkanes of at least 4 members (excludes halogenated alkanes) is 14. The zero-order valence-corrected chi connectivity index (χ0v) is 45.9. The first-order valence-corrected chi connectivity index (χ1v) is 28.7. The molecule has 17 atom stereocenters. The van der Waals surface area contributed by atoms with Crippen LogP contribution < -0.4 is 5.32 Å². The molecule has 3 aliphatic rings. The SMILES string of the molecule is CC/C=C\C/C=C\C/C=C\CCCCCCCCCC(=O)NC(COC1OC(CO)C(OC2OC(CO)C(OC3OC(CO)C(O)C(O)C3O)C(O)C2O)C(O)C1O)C(O)/C=C/CC/C=C/CC/C=C/CCCCCCC. The van der Waals surface area contributed by atoms with Crippen molar-refractivity contribution in [3.05, 3.63) is 72.9 Å². The molecule has 0 spiro atoms. The Hall–Kier alpha value is -2.77. The van der Waals surface area contributed by atoms with E-state index in [9.17, 15) is 61.0 Å². The highest BCUT2D eigenvalue weighted by atomic mass is 16.8. The number of carbonyl (C=O) groups excluding carboxylic acids is 1. The van der Waals surface area contributed by atoms with Gasteiger partial charge in [-0.15, -0.1) is 0 Å². The Morgan fingerprint density at radius 2 is 0.909 bits per heavy atom. The Morgan fingerprint density at radius 3 is 1.45 bits per heavy atom. The molecule has 12 N–H and O–H groups in total. The number of hydrogen-bond acceptors (Lipinski definition) is 18. The molecule has 3 heterocycles. The van der Waals surface area contributed by atoms with Crippen LogP contribution in [0.3, 0.4) is 0 Å². The van der Waals surface area contributed by atoms with E-state index in [-0.39, 0.29) is 18.9 Å². The highest BCUT2D eigenvalue weighted by Gasteiger charge is 2.53. The zero-order chi connectivity index (χ0) is 56.2. The van der Waals surface area contributed by atoms with E-state index in [0.29, 0.717) is 12.8 Å². The van der Waals surface area contributed by atoms with Crippen molar-refractivity contribution in [3.8, 4) is 0 Å². The van der Waals surface area contributed by atoms with Crippen LogP contribution in [0.5, 0.6) is 0 Å². The molecule has 19 nitrogen and oxygen atoms in total. The number of allylic oxidation sites excluding steroid dienone is 11. The van der Waals surface area contributed by atoms with Crippen molar-refractivity contribution in [2.75, 3.05) is 26.4 Å². The smallest absolute Gasteiger partial charge is 0.220 e. The third-order valence-corrected chi connectivity index (χ3v) is 14.0. The number of aliphatic hydroxyl groups excluding tert-OH is 11. The first kappa shape index (κ1) is 68.5. The van der Waals surface area contributed by atoms with Crippen LogP contribution in [0.1, 0.15) is 155 Å². The molecule has 3 aliphatic heterocycles. The number of nitrogens with one attached hydrogen (secondary N) is 1. The Labute approximate surface area is 458 Å². The minimum atomic E-state index is -1.99. The van der Waals surface area contributed by atoms with Crippen molar-refractivity contribution in [3.63, 3.8) is 0 Å². The number of aliphatic hydroxyl groups is 11. The first-order chi connectivity index (χ1) is 37.3. The quantitative estimate of drug-likeness (QED) is 0.0301. The molecule has 3 fully saturated rings. The van der Waals surface area contributed by atoms with Gasteiger partial charge in [-0.2, -0.15) is 0 Å². The first-order valence-electron chi connectivity index (χ1n) is 28.7. The summed E-state index contributed by atoms with van der Waals surface area (Å²) in [5.41, 5.74) is 0. The summed E-state index contributed by atoms with van der Waals surface area (Å²) in [6.07, 6.45) is 20.3. The molecule has 444 valence electrons. The predicted molar refractivity (Wildman–Crippen MR) is 291 cm³/mol. The maximum Gasteiger partial charge on any atom is 0.220 e. The van der Waals surface area contributed by atoms with Crippen LogP contribution in [0, 0.1) is 0 Å². The van der Waals surface area contributed by atoms with Gasteiger partial charge in [-0.1, -0.05) is 145 Å². The van der Waals surface area contributed by atoms with Crippen LogP contribution in [0.15, 0.2) is 72.9 Å². The highest BCUT2D eigenvalue weighted by Crippen LogP contribution is 2.33. The van der Waals surface area contributed by atoms with Gasteiger partial charge in [0.2, 0.25) is 5.91 Å². The van der Waals surface area contributed by atoms with Crippen molar-refractivity contribution in [2.45, 2.75) is 259 Å². The largest absolute Gasteiger partial charge is 0.394 e. The molecule has 0 saturated carbocycles. The lowest BCUT2D eigenvalue weighted by Gasteiger charge is -2.48. The van der Waals surface area contributed by atoms with E-state index < -0.39 is 124 Å². The summed E-state index contributed by atoms with van der Waals surface area (Å²) >= 11 is 0. The average Bonchev–Trinajstić information content (AvgIpc) is 3.44.